The van der Waals surface area contributed by atoms with E-state index in [0.717, 1.165) is 33.7 Å². The van der Waals surface area contributed by atoms with E-state index in [0.29, 0.717) is 30.3 Å². The number of ether oxygens (including phenoxy) is 1. The molecule has 1 aliphatic rings. The van der Waals surface area contributed by atoms with E-state index in [1.54, 1.807) is 12.1 Å². The zero-order chi connectivity index (χ0) is 24.5. The van der Waals surface area contributed by atoms with Gasteiger partial charge in [-0.15, -0.1) is 0 Å². The lowest BCUT2D eigenvalue weighted by atomic mass is 10.1. The second-order valence-electron chi connectivity index (χ2n) is 9.19. The number of amides is 1. The SMILES string of the molecule is Cc1cccc(N2CC(c3nc4ccccc4n3CC(O)COc3ccc(Cl)c(C)c3)CC2=O)c1. The maximum Gasteiger partial charge on any atom is 0.227 e. The van der Waals surface area contributed by atoms with Crippen molar-refractivity contribution < 1.29 is 14.6 Å². The van der Waals surface area contributed by atoms with E-state index in [1.807, 2.05) is 77.9 Å². The van der Waals surface area contributed by atoms with Gasteiger partial charge < -0.3 is 19.3 Å². The Bertz CT molecular complexity index is 1380. The number of imidazole rings is 1. The second kappa shape index (κ2) is 9.72. The summed E-state index contributed by atoms with van der Waals surface area (Å²) in [5.74, 6) is 1.50. The van der Waals surface area contributed by atoms with Crippen LogP contribution in [0.1, 0.15) is 29.3 Å². The Morgan fingerprint density at radius 2 is 1.94 bits per heavy atom. The number of anilines is 1. The molecular weight excluding hydrogens is 462 g/mol. The number of aromatic nitrogens is 2. The third-order valence-electron chi connectivity index (χ3n) is 6.45. The van der Waals surface area contributed by atoms with E-state index >= 15 is 0 Å². The van der Waals surface area contributed by atoms with Gasteiger partial charge in [0.1, 0.15) is 24.3 Å². The molecule has 0 spiro atoms. The zero-order valence-corrected chi connectivity index (χ0v) is 20.6. The van der Waals surface area contributed by atoms with Crippen molar-refractivity contribution in [3.8, 4) is 5.75 Å². The average Bonchev–Trinajstić information content (AvgIpc) is 3.40. The summed E-state index contributed by atoms with van der Waals surface area (Å²) in [6.45, 7) is 4.94. The predicted octanol–water partition coefficient (Wildman–Crippen LogP) is 5.27. The molecule has 1 aromatic heterocycles. The fourth-order valence-electron chi connectivity index (χ4n) is 4.69. The van der Waals surface area contributed by atoms with Gasteiger partial charge in [0.25, 0.3) is 0 Å². The highest BCUT2D eigenvalue weighted by atomic mass is 35.5. The number of carbonyl (C=O) groups is 1. The molecule has 2 heterocycles. The van der Waals surface area contributed by atoms with Gasteiger partial charge in [-0.2, -0.15) is 0 Å². The van der Waals surface area contributed by atoms with E-state index < -0.39 is 6.10 Å². The third-order valence-corrected chi connectivity index (χ3v) is 6.88. The molecular formula is C28H28ClN3O3. The molecule has 1 fully saturated rings. The topological polar surface area (TPSA) is 67.6 Å². The van der Waals surface area contributed by atoms with Crippen molar-refractivity contribution in [3.05, 3.63) is 88.7 Å². The molecule has 2 atom stereocenters. The number of hydrogen-bond donors (Lipinski definition) is 1. The van der Waals surface area contributed by atoms with Crippen LogP contribution < -0.4 is 9.64 Å². The summed E-state index contributed by atoms with van der Waals surface area (Å²) >= 11 is 6.10. The van der Waals surface area contributed by atoms with Crippen molar-refractivity contribution >= 4 is 34.2 Å². The minimum Gasteiger partial charge on any atom is -0.491 e. The average molecular weight is 490 g/mol. The van der Waals surface area contributed by atoms with Gasteiger partial charge in [-0.1, -0.05) is 35.9 Å². The van der Waals surface area contributed by atoms with E-state index in [9.17, 15) is 9.90 Å². The molecule has 0 saturated carbocycles. The Balaban J connectivity index is 1.37. The van der Waals surface area contributed by atoms with Gasteiger partial charge in [0, 0.05) is 29.6 Å². The van der Waals surface area contributed by atoms with Gasteiger partial charge in [0.2, 0.25) is 5.91 Å². The molecule has 1 saturated heterocycles. The highest BCUT2D eigenvalue weighted by Crippen LogP contribution is 2.33. The summed E-state index contributed by atoms with van der Waals surface area (Å²) in [5, 5.41) is 11.5. The second-order valence-corrected chi connectivity index (χ2v) is 9.60. The molecule has 5 rings (SSSR count). The standard InChI is InChI=1S/C28H28ClN3O3/c1-18-6-5-7-21(12-18)31-15-20(14-27(31)34)28-30-25-8-3-4-9-26(25)32(28)16-22(33)17-35-23-10-11-24(29)19(2)13-23/h3-13,20,22,33H,14-17H2,1-2H3. The van der Waals surface area contributed by atoms with Crippen LogP contribution in [0.3, 0.4) is 0 Å². The lowest BCUT2D eigenvalue weighted by molar-refractivity contribution is -0.117. The van der Waals surface area contributed by atoms with Gasteiger partial charge in [0.15, 0.2) is 0 Å². The number of rotatable bonds is 7. The van der Waals surface area contributed by atoms with Crippen LogP contribution >= 0.6 is 11.6 Å². The summed E-state index contributed by atoms with van der Waals surface area (Å²) in [6.07, 6.45) is -0.374. The fraction of sp³-hybridized carbons (Fsp3) is 0.286. The predicted molar refractivity (Wildman–Crippen MR) is 138 cm³/mol. The molecule has 1 aliphatic heterocycles. The van der Waals surface area contributed by atoms with Crippen molar-refractivity contribution in [2.24, 2.45) is 0 Å². The molecule has 0 bridgehead atoms. The van der Waals surface area contributed by atoms with Gasteiger partial charge in [-0.05, 0) is 67.4 Å². The minimum atomic E-state index is -0.757. The first-order chi connectivity index (χ1) is 16.9. The summed E-state index contributed by atoms with van der Waals surface area (Å²) in [6, 6.07) is 21.3. The Morgan fingerprint density at radius 1 is 1.11 bits per heavy atom. The van der Waals surface area contributed by atoms with E-state index in [1.165, 1.54) is 0 Å². The van der Waals surface area contributed by atoms with Crippen molar-refractivity contribution in [3.63, 3.8) is 0 Å². The largest absolute Gasteiger partial charge is 0.491 e. The maximum atomic E-state index is 12.9. The molecule has 1 N–H and O–H groups in total. The van der Waals surface area contributed by atoms with Crippen LogP contribution in [0.25, 0.3) is 11.0 Å². The van der Waals surface area contributed by atoms with Crippen LogP contribution in [-0.4, -0.2) is 39.8 Å². The Labute approximate surface area is 209 Å². The normalized spacial score (nSPS) is 16.7. The van der Waals surface area contributed by atoms with Crippen LogP contribution in [0, 0.1) is 13.8 Å². The lowest BCUT2D eigenvalue weighted by Gasteiger charge is -2.19. The van der Waals surface area contributed by atoms with E-state index in [4.69, 9.17) is 21.3 Å². The van der Waals surface area contributed by atoms with Gasteiger partial charge >= 0.3 is 0 Å². The van der Waals surface area contributed by atoms with Gasteiger partial charge in [0.05, 0.1) is 17.6 Å². The molecule has 0 aliphatic carbocycles. The maximum absolute atomic E-state index is 12.9. The quantitative estimate of drug-likeness (QED) is 0.384. The number of halogens is 1. The fourth-order valence-corrected chi connectivity index (χ4v) is 4.80. The van der Waals surface area contributed by atoms with Crippen molar-refractivity contribution in [1.82, 2.24) is 9.55 Å². The number of hydrogen-bond acceptors (Lipinski definition) is 4. The monoisotopic (exact) mass is 489 g/mol. The minimum absolute atomic E-state index is 0.0672. The molecule has 3 aromatic carbocycles. The van der Waals surface area contributed by atoms with Gasteiger partial charge in [-0.3, -0.25) is 4.79 Å². The molecule has 4 aromatic rings. The van der Waals surface area contributed by atoms with Crippen molar-refractivity contribution in [2.45, 2.75) is 38.8 Å². The number of aryl methyl sites for hydroxylation is 2. The number of fused-ring (bicyclic) bond motifs is 1. The number of carbonyl (C=O) groups excluding carboxylic acids is 1. The molecule has 6 nitrogen and oxygen atoms in total. The highest BCUT2D eigenvalue weighted by Gasteiger charge is 2.35. The Morgan fingerprint density at radius 3 is 2.74 bits per heavy atom. The van der Waals surface area contributed by atoms with Crippen LogP contribution in [0.15, 0.2) is 66.7 Å². The van der Waals surface area contributed by atoms with Crippen molar-refractivity contribution in [1.29, 1.82) is 0 Å². The molecule has 35 heavy (non-hydrogen) atoms. The highest BCUT2D eigenvalue weighted by molar-refractivity contribution is 6.31. The summed E-state index contributed by atoms with van der Waals surface area (Å²) in [7, 11) is 0. The summed E-state index contributed by atoms with van der Waals surface area (Å²) < 4.78 is 7.86. The summed E-state index contributed by atoms with van der Waals surface area (Å²) in [4.78, 5) is 19.7. The molecule has 2 unspecified atom stereocenters. The Hall–Kier alpha value is -3.35. The van der Waals surface area contributed by atoms with Crippen LogP contribution in [0.4, 0.5) is 5.69 Å². The zero-order valence-electron chi connectivity index (χ0n) is 19.8. The van der Waals surface area contributed by atoms with E-state index in [2.05, 4.69) is 0 Å². The first-order valence-electron chi connectivity index (χ1n) is 11.8. The number of aliphatic hydroxyl groups excluding tert-OH is 1. The van der Waals surface area contributed by atoms with Crippen LogP contribution in [-0.2, 0) is 11.3 Å². The molecule has 1 amide bonds. The smallest absolute Gasteiger partial charge is 0.227 e. The van der Waals surface area contributed by atoms with E-state index in [-0.39, 0.29) is 18.4 Å². The van der Waals surface area contributed by atoms with Crippen LogP contribution in [0.5, 0.6) is 5.75 Å². The first kappa shape index (κ1) is 23.4. The first-order valence-corrected chi connectivity index (χ1v) is 12.2. The molecule has 180 valence electrons. The number of aliphatic hydroxyl groups is 1. The third kappa shape index (κ3) is 4.90. The lowest BCUT2D eigenvalue weighted by Crippen LogP contribution is -2.26. The Kier molecular flexibility index (Phi) is 6.50. The summed E-state index contributed by atoms with van der Waals surface area (Å²) in [5.41, 5.74) is 4.73. The molecule has 7 heteroatoms. The van der Waals surface area contributed by atoms with Crippen molar-refractivity contribution in [2.75, 3.05) is 18.1 Å². The number of para-hydroxylation sites is 2. The number of nitrogens with zero attached hydrogens (tertiary/aromatic N) is 3. The van der Waals surface area contributed by atoms with Gasteiger partial charge in [-0.25, -0.2) is 4.98 Å². The number of benzene rings is 3. The molecule has 0 radical (unpaired) electrons. The van der Waals surface area contributed by atoms with Crippen LogP contribution in [0.2, 0.25) is 5.02 Å².